The van der Waals surface area contributed by atoms with Gasteiger partial charge in [0.15, 0.2) is 0 Å². The van der Waals surface area contributed by atoms with E-state index >= 15 is 0 Å². The molecule has 0 bridgehead atoms. The lowest BCUT2D eigenvalue weighted by Gasteiger charge is -2.18. The molecule has 2 rings (SSSR count). The minimum atomic E-state index is -0.247. The van der Waals surface area contributed by atoms with E-state index in [9.17, 15) is 4.39 Å². The second-order valence-corrected chi connectivity index (χ2v) is 7.97. The van der Waals surface area contributed by atoms with Crippen molar-refractivity contribution in [3.63, 3.8) is 0 Å². The summed E-state index contributed by atoms with van der Waals surface area (Å²) in [5.41, 5.74) is 1.88. The zero-order valence-corrected chi connectivity index (χ0v) is 15.3. The summed E-state index contributed by atoms with van der Waals surface area (Å²) in [5, 5.41) is 3.45. The van der Waals surface area contributed by atoms with Gasteiger partial charge < -0.3 is 5.32 Å². The lowest BCUT2D eigenvalue weighted by molar-refractivity contribution is 0.528. The van der Waals surface area contributed by atoms with Crippen LogP contribution in [0.1, 0.15) is 30.5 Å². The molecule has 2 aromatic rings. The first-order valence-electron chi connectivity index (χ1n) is 6.62. The Bertz CT molecular complexity index is 597. The zero-order chi connectivity index (χ0) is 15.4. The van der Waals surface area contributed by atoms with Gasteiger partial charge in [-0.3, -0.25) is 0 Å². The number of hydrogen-bond acceptors (Lipinski definition) is 2. The summed E-state index contributed by atoms with van der Waals surface area (Å²) in [7, 11) is 0. The molecule has 1 nitrogen and oxygen atoms in total. The number of thiophene rings is 1. The molecule has 1 aromatic heterocycles. The van der Waals surface area contributed by atoms with Gasteiger partial charge in [0.25, 0.3) is 0 Å². The van der Waals surface area contributed by atoms with Crippen molar-refractivity contribution in [2.45, 2.75) is 25.8 Å². The van der Waals surface area contributed by atoms with Crippen LogP contribution in [0.25, 0.3) is 0 Å². The van der Waals surface area contributed by atoms with Crippen LogP contribution in [0.15, 0.2) is 28.7 Å². The summed E-state index contributed by atoms with van der Waals surface area (Å²) < 4.78 is 15.6. The fourth-order valence-electron chi connectivity index (χ4n) is 2.17. The van der Waals surface area contributed by atoms with Crippen LogP contribution in [0, 0.1) is 5.82 Å². The average Bonchev–Trinajstić information content (AvgIpc) is 2.72. The van der Waals surface area contributed by atoms with E-state index in [2.05, 4.69) is 28.2 Å². The van der Waals surface area contributed by atoms with Crippen LogP contribution in [0.2, 0.25) is 8.67 Å². The molecule has 0 fully saturated rings. The van der Waals surface area contributed by atoms with Gasteiger partial charge in [-0.2, -0.15) is 0 Å². The molecular weight excluding hydrogens is 396 g/mol. The van der Waals surface area contributed by atoms with Crippen molar-refractivity contribution < 1.29 is 4.39 Å². The summed E-state index contributed by atoms with van der Waals surface area (Å²) in [6.07, 6.45) is 1.67. The third kappa shape index (κ3) is 4.93. The quantitative estimate of drug-likeness (QED) is 0.594. The Morgan fingerprint density at radius 1 is 1.29 bits per heavy atom. The van der Waals surface area contributed by atoms with Crippen molar-refractivity contribution in [1.29, 1.82) is 0 Å². The Hall–Kier alpha value is -0.130. The normalized spacial score (nSPS) is 12.6. The van der Waals surface area contributed by atoms with E-state index in [4.69, 9.17) is 23.2 Å². The van der Waals surface area contributed by atoms with Gasteiger partial charge in [-0.25, -0.2) is 4.39 Å². The summed E-state index contributed by atoms with van der Waals surface area (Å²) in [6.45, 7) is 2.97. The van der Waals surface area contributed by atoms with Crippen molar-refractivity contribution in [2.24, 2.45) is 0 Å². The van der Waals surface area contributed by atoms with Crippen LogP contribution in [-0.2, 0) is 6.42 Å². The van der Waals surface area contributed by atoms with Crippen molar-refractivity contribution in [1.82, 2.24) is 5.32 Å². The van der Waals surface area contributed by atoms with Crippen LogP contribution in [0.5, 0.6) is 0 Å². The predicted octanol–water partition coefficient (Wildman–Crippen LogP) is 6.24. The maximum atomic E-state index is 13.5. The van der Waals surface area contributed by atoms with Gasteiger partial charge in [0, 0.05) is 16.1 Å². The van der Waals surface area contributed by atoms with E-state index in [0.717, 1.165) is 28.6 Å². The van der Waals surface area contributed by atoms with Crippen molar-refractivity contribution in [3.05, 3.63) is 54.4 Å². The molecule has 114 valence electrons. The lowest BCUT2D eigenvalue weighted by Crippen LogP contribution is -2.24. The topological polar surface area (TPSA) is 12.0 Å². The van der Waals surface area contributed by atoms with Crippen LogP contribution >= 0.6 is 50.5 Å². The molecule has 21 heavy (non-hydrogen) atoms. The van der Waals surface area contributed by atoms with Gasteiger partial charge in [0.2, 0.25) is 0 Å². The van der Waals surface area contributed by atoms with Crippen LogP contribution < -0.4 is 5.32 Å². The molecule has 0 saturated carbocycles. The second kappa shape index (κ2) is 7.93. The van der Waals surface area contributed by atoms with E-state index in [1.807, 2.05) is 12.1 Å². The molecule has 0 aliphatic heterocycles. The van der Waals surface area contributed by atoms with E-state index in [1.165, 1.54) is 17.4 Å². The van der Waals surface area contributed by atoms with Crippen molar-refractivity contribution >= 4 is 50.5 Å². The lowest BCUT2D eigenvalue weighted by atomic mass is 10.0. The molecule has 0 radical (unpaired) electrons. The highest BCUT2D eigenvalue weighted by molar-refractivity contribution is 9.10. The molecule has 1 aromatic carbocycles. The van der Waals surface area contributed by atoms with E-state index in [-0.39, 0.29) is 11.9 Å². The summed E-state index contributed by atoms with van der Waals surface area (Å²) in [4.78, 5) is 0. The van der Waals surface area contributed by atoms with E-state index < -0.39 is 0 Å². The molecule has 0 aliphatic rings. The fourth-order valence-corrected chi connectivity index (χ4v) is 4.26. The summed E-state index contributed by atoms with van der Waals surface area (Å²) >= 11 is 17.0. The maximum Gasteiger partial charge on any atom is 0.124 e. The largest absolute Gasteiger partial charge is 0.310 e. The Kier molecular flexibility index (Phi) is 6.51. The highest BCUT2D eigenvalue weighted by Crippen LogP contribution is 2.36. The second-order valence-electron chi connectivity index (χ2n) is 4.77. The third-order valence-corrected chi connectivity index (χ3v) is 5.04. The highest BCUT2D eigenvalue weighted by Gasteiger charge is 2.18. The maximum absolute atomic E-state index is 13.5. The zero-order valence-electron chi connectivity index (χ0n) is 11.4. The number of nitrogens with one attached hydrogen (secondary N) is 1. The molecule has 1 heterocycles. The molecular formula is C15H15BrCl2FNS. The van der Waals surface area contributed by atoms with Crippen LogP contribution in [0.4, 0.5) is 4.39 Å². The van der Waals surface area contributed by atoms with Crippen LogP contribution in [-0.4, -0.2) is 6.54 Å². The van der Waals surface area contributed by atoms with Gasteiger partial charge >= 0.3 is 0 Å². The molecule has 1 N–H and O–H groups in total. The van der Waals surface area contributed by atoms with Crippen LogP contribution in [0.3, 0.4) is 0 Å². The smallest absolute Gasteiger partial charge is 0.124 e. The number of rotatable bonds is 6. The molecule has 0 spiro atoms. The van der Waals surface area contributed by atoms with Crippen molar-refractivity contribution in [2.75, 3.05) is 6.54 Å². The SMILES string of the molecule is CCCNC(Cc1cc(F)cc(Br)c1)c1cc(Cl)sc1Cl. The number of benzene rings is 1. The molecule has 0 amide bonds. The minimum Gasteiger partial charge on any atom is -0.310 e. The fraction of sp³-hybridized carbons (Fsp3) is 0.333. The molecule has 6 heteroatoms. The van der Waals surface area contributed by atoms with Gasteiger partial charge in [-0.05, 0) is 49.2 Å². The number of hydrogen-bond donors (Lipinski definition) is 1. The minimum absolute atomic E-state index is 0.0231. The van der Waals surface area contributed by atoms with Gasteiger partial charge in [0.1, 0.15) is 5.82 Å². The van der Waals surface area contributed by atoms with Crippen molar-refractivity contribution in [3.8, 4) is 0 Å². The molecule has 0 saturated heterocycles. The Morgan fingerprint density at radius 2 is 2.05 bits per heavy atom. The first-order valence-corrected chi connectivity index (χ1v) is 8.99. The summed E-state index contributed by atoms with van der Waals surface area (Å²) in [5.74, 6) is -0.247. The van der Waals surface area contributed by atoms with Gasteiger partial charge in [-0.15, -0.1) is 11.3 Å². The Labute approximate surface area is 146 Å². The number of halogens is 4. The van der Waals surface area contributed by atoms with E-state index in [0.29, 0.717) is 15.1 Å². The first kappa shape index (κ1) is 17.2. The third-order valence-electron chi connectivity index (χ3n) is 3.06. The van der Waals surface area contributed by atoms with Gasteiger partial charge in [-0.1, -0.05) is 46.1 Å². The first-order chi connectivity index (χ1) is 9.99. The highest BCUT2D eigenvalue weighted by atomic mass is 79.9. The monoisotopic (exact) mass is 409 g/mol. The predicted molar refractivity (Wildman–Crippen MR) is 93.2 cm³/mol. The summed E-state index contributed by atoms with van der Waals surface area (Å²) in [6, 6.07) is 6.83. The van der Waals surface area contributed by atoms with Gasteiger partial charge in [0.05, 0.1) is 8.67 Å². The standard InChI is InChI=1S/C15H15BrCl2FNS/c1-2-3-20-13(12-8-14(17)21-15(12)18)6-9-4-10(16)7-11(19)5-9/h4-5,7-8,13,20H,2-3,6H2,1H3. The average molecular weight is 411 g/mol. The van der Waals surface area contributed by atoms with E-state index in [1.54, 1.807) is 6.07 Å². The Balaban J connectivity index is 2.25. The molecule has 0 aliphatic carbocycles. The molecule has 1 unspecified atom stereocenters. The Morgan fingerprint density at radius 3 is 2.62 bits per heavy atom. The molecule has 1 atom stereocenters.